The molecule has 36 heavy (non-hydrogen) atoms. The van der Waals surface area contributed by atoms with Gasteiger partial charge in [0.05, 0.1) is 32.1 Å². The fourth-order valence-electron chi connectivity index (χ4n) is 5.90. The highest BCUT2D eigenvalue weighted by molar-refractivity contribution is 6.02. The van der Waals surface area contributed by atoms with E-state index in [2.05, 4.69) is 41.9 Å². The molecular weight excluding hydrogens is 452 g/mol. The minimum Gasteiger partial charge on any atom is -0.497 e. The van der Waals surface area contributed by atoms with Crippen LogP contribution < -0.4 is 9.47 Å². The van der Waals surface area contributed by atoms with Crippen molar-refractivity contribution in [3.63, 3.8) is 0 Å². The molecule has 1 fully saturated rings. The number of carbonyl (C=O) groups excluding carboxylic acids is 1. The summed E-state index contributed by atoms with van der Waals surface area (Å²) in [5.74, 6) is 1.56. The number of para-hydroxylation sites is 1. The molecule has 0 radical (unpaired) electrons. The minimum atomic E-state index is -0.241. The van der Waals surface area contributed by atoms with Gasteiger partial charge in [-0.05, 0) is 48.7 Å². The van der Waals surface area contributed by atoms with E-state index in [1.807, 2.05) is 41.3 Å². The van der Waals surface area contributed by atoms with Gasteiger partial charge in [-0.2, -0.15) is 0 Å². The van der Waals surface area contributed by atoms with Crippen molar-refractivity contribution in [1.29, 1.82) is 0 Å². The average molecular weight is 483 g/mol. The third-order valence-electron chi connectivity index (χ3n) is 7.56. The van der Waals surface area contributed by atoms with Crippen molar-refractivity contribution in [1.82, 2.24) is 9.47 Å². The van der Waals surface area contributed by atoms with E-state index in [9.17, 15) is 4.79 Å². The van der Waals surface area contributed by atoms with E-state index in [0.717, 1.165) is 69.8 Å². The van der Waals surface area contributed by atoms with Crippen molar-refractivity contribution in [2.75, 3.05) is 27.4 Å². The number of nitrogens with zero attached hydrogens (tertiary/aromatic N) is 2. The Labute approximate surface area is 211 Å². The van der Waals surface area contributed by atoms with E-state index in [1.165, 1.54) is 0 Å². The maximum absolute atomic E-state index is 13.8. The first-order valence-electron chi connectivity index (χ1n) is 12.4. The lowest BCUT2D eigenvalue weighted by Crippen LogP contribution is -2.36. The van der Waals surface area contributed by atoms with E-state index in [0.29, 0.717) is 6.54 Å². The Kier molecular flexibility index (Phi) is 5.69. The van der Waals surface area contributed by atoms with Crippen LogP contribution in [0.15, 0.2) is 66.7 Å². The monoisotopic (exact) mass is 482 g/mol. The van der Waals surface area contributed by atoms with Crippen LogP contribution in [0, 0.1) is 0 Å². The van der Waals surface area contributed by atoms with Crippen LogP contribution >= 0.6 is 0 Å². The predicted octanol–water partition coefficient (Wildman–Crippen LogP) is 5.59. The molecule has 6 heteroatoms. The number of aryl methyl sites for hydroxylation is 1. The molecule has 0 N–H and O–H groups in total. The van der Waals surface area contributed by atoms with Gasteiger partial charge in [0.1, 0.15) is 11.5 Å². The van der Waals surface area contributed by atoms with Gasteiger partial charge in [0.2, 0.25) is 0 Å². The van der Waals surface area contributed by atoms with Crippen LogP contribution in [-0.4, -0.2) is 48.8 Å². The van der Waals surface area contributed by atoms with Gasteiger partial charge in [-0.1, -0.05) is 36.4 Å². The largest absolute Gasteiger partial charge is 0.497 e. The molecule has 2 atom stereocenters. The summed E-state index contributed by atoms with van der Waals surface area (Å²) in [5.41, 5.74) is 5.92. The average Bonchev–Trinajstić information content (AvgIpc) is 3.61. The van der Waals surface area contributed by atoms with E-state index < -0.39 is 0 Å². The molecule has 4 aromatic rings. The third kappa shape index (κ3) is 3.47. The van der Waals surface area contributed by atoms with Crippen molar-refractivity contribution in [2.24, 2.45) is 7.05 Å². The van der Waals surface area contributed by atoms with Crippen LogP contribution in [0.1, 0.15) is 40.4 Å². The lowest BCUT2D eigenvalue weighted by molar-refractivity contribution is 0.0501. The molecule has 0 bridgehead atoms. The van der Waals surface area contributed by atoms with Crippen LogP contribution in [-0.2, 0) is 11.8 Å². The van der Waals surface area contributed by atoms with Crippen LogP contribution in [0.4, 0.5) is 0 Å². The lowest BCUT2D eigenvalue weighted by Gasteiger charge is -2.29. The first kappa shape index (κ1) is 22.7. The van der Waals surface area contributed by atoms with E-state index in [-0.39, 0.29) is 18.1 Å². The number of methoxy groups -OCH3 is 2. The summed E-state index contributed by atoms with van der Waals surface area (Å²) in [6.07, 6.45) is 2.06. The molecule has 2 aliphatic rings. The van der Waals surface area contributed by atoms with E-state index in [4.69, 9.17) is 14.2 Å². The number of aromatic nitrogens is 1. The smallest absolute Gasteiger partial charge is 0.255 e. The molecule has 0 saturated carbocycles. The summed E-state index contributed by atoms with van der Waals surface area (Å²) < 4.78 is 19.6. The molecular formula is C30H30N2O4. The molecule has 3 aromatic carbocycles. The maximum Gasteiger partial charge on any atom is 0.255 e. The van der Waals surface area contributed by atoms with Gasteiger partial charge in [0.15, 0.2) is 0 Å². The number of hydrogen-bond donors (Lipinski definition) is 0. The second-order valence-corrected chi connectivity index (χ2v) is 9.49. The summed E-state index contributed by atoms with van der Waals surface area (Å²) in [7, 11) is 5.43. The molecule has 2 aliphatic heterocycles. The topological polar surface area (TPSA) is 52.9 Å². The highest BCUT2D eigenvalue weighted by atomic mass is 16.5. The fourth-order valence-corrected chi connectivity index (χ4v) is 5.90. The lowest BCUT2D eigenvalue weighted by atomic mass is 9.92. The SMILES string of the molecule is COc1ccc(OC)c(-c2c([C@@H]3c4ccccc4C(=O)N3C[C@@H]3CCCO3)c3ccccc3n2C)c1. The van der Waals surface area contributed by atoms with E-state index in [1.54, 1.807) is 14.2 Å². The van der Waals surface area contributed by atoms with Crippen molar-refractivity contribution < 1.29 is 19.0 Å². The second kappa shape index (κ2) is 9.03. The molecule has 184 valence electrons. The van der Waals surface area contributed by atoms with E-state index >= 15 is 0 Å². The molecule has 6 nitrogen and oxygen atoms in total. The number of amides is 1. The van der Waals surface area contributed by atoms with Gasteiger partial charge >= 0.3 is 0 Å². The molecule has 6 rings (SSSR count). The summed E-state index contributed by atoms with van der Waals surface area (Å²) in [6, 6.07) is 22.0. The Morgan fingerprint density at radius 1 is 0.972 bits per heavy atom. The highest BCUT2D eigenvalue weighted by Gasteiger charge is 2.42. The van der Waals surface area contributed by atoms with Crippen LogP contribution in [0.5, 0.6) is 11.5 Å². The maximum atomic E-state index is 13.8. The minimum absolute atomic E-state index is 0.0514. The van der Waals surface area contributed by atoms with Gasteiger partial charge < -0.3 is 23.7 Å². The second-order valence-electron chi connectivity index (χ2n) is 9.49. The number of fused-ring (bicyclic) bond motifs is 2. The van der Waals surface area contributed by atoms with Crippen molar-refractivity contribution >= 4 is 16.8 Å². The zero-order chi connectivity index (χ0) is 24.8. The van der Waals surface area contributed by atoms with Crippen molar-refractivity contribution in [3.8, 4) is 22.8 Å². The van der Waals surface area contributed by atoms with Crippen LogP contribution in [0.25, 0.3) is 22.2 Å². The first-order valence-corrected chi connectivity index (χ1v) is 12.4. The molecule has 0 aliphatic carbocycles. The summed E-state index contributed by atoms with van der Waals surface area (Å²) >= 11 is 0. The Hall–Kier alpha value is -3.77. The molecule has 0 unspecified atom stereocenters. The number of ether oxygens (including phenoxy) is 3. The van der Waals surface area contributed by atoms with Gasteiger partial charge in [0, 0.05) is 47.8 Å². The van der Waals surface area contributed by atoms with Gasteiger partial charge in [0.25, 0.3) is 5.91 Å². The summed E-state index contributed by atoms with van der Waals surface area (Å²) in [6.45, 7) is 1.32. The molecule has 1 amide bonds. The number of rotatable bonds is 6. The quantitative estimate of drug-likeness (QED) is 0.360. The Balaban J connectivity index is 1.64. The van der Waals surface area contributed by atoms with Gasteiger partial charge in [-0.25, -0.2) is 0 Å². The molecule has 1 saturated heterocycles. The molecule has 1 aromatic heterocycles. The summed E-state index contributed by atoms with van der Waals surface area (Å²) in [5, 5.41) is 1.12. The standard InChI is InChI=1S/C30H30N2O4/c1-31-25-13-7-6-12-23(25)27(28(31)24-17-19(34-2)14-15-26(24)35-3)29-21-10-4-5-11-22(21)30(33)32(29)18-20-9-8-16-36-20/h4-7,10-15,17,20,29H,8-9,16,18H2,1-3H3/t20-,29-/m0/s1. The molecule has 0 spiro atoms. The zero-order valence-corrected chi connectivity index (χ0v) is 20.9. The predicted molar refractivity (Wildman–Crippen MR) is 140 cm³/mol. The summed E-state index contributed by atoms with van der Waals surface area (Å²) in [4.78, 5) is 15.8. The number of benzene rings is 3. The van der Waals surface area contributed by atoms with Crippen molar-refractivity contribution in [2.45, 2.75) is 25.0 Å². The zero-order valence-electron chi connectivity index (χ0n) is 20.9. The first-order chi connectivity index (χ1) is 17.6. The number of carbonyl (C=O) groups is 1. The van der Waals surface area contributed by atoms with Gasteiger partial charge in [-0.15, -0.1) is 0 Å². The third-order valence-corrected chi connectivity index (χ3v) is 7.56. The van der Waals surface area contributed by atoms with Gasteiger partial charge in [-0.3, -0.25) is 4.79 Å². The Bertz CT molecular complexity index is 1450. The fraction of sp³-hybridized carbons (Fsp3) is 0.300. The van der Waals surface area contributed by atoms with Crippen LogP contribution in [0.3, 0.4) is 0 Å². The van der Waals surface area contributed by atoms with Crippen LogP contribution in [0.2, 0.25) is 0 Å². The Morgan fingerprint density at radius 2 is 1.78 bits per heavy atom. The van der Waals surface area contributed by atoms with Crippen molar-refractivity contribution in [3.05, 3.63) is 83.4 Å². The number of hydrogen-bond acceptors (Lipinski definition) is 4. The highest BCUT2D eigenvalue weighted by Crippen LogP contribution is 2.48. The molecule has 3 heterocycles. The Morgan fingerprint density at radius 3 is 2.56 bits per heavy atom. The normalized spacial score (nSPS) is 19.2.